The molecule has 0 aliphatic carbocycles. The van der Waals surface area contributed by atoms with E-state index in [0.29, 0.717) is 17.3 Å². The first-order valence-corrected chi connectivity index (χ1v) is 30.4. The van der Waals surface area contributed by atoms with Gasteiger partial charge in [0.25, 0.3) is 0 Å². The lowest BCUT2D eigenvalue weighted by atomic mass is 9.97. The number of fused-ring (bicyclic) bond motifs is 9. The Morgan fingerprint density at radius 3 is 1.17 bits per heavy atom. The van der Waals surface area contributed by atoms with Crippen LogP contribution in [0.4, 0.5) is 4.79 Å². The largest absolute Gasteiger partial charge is 0.461 e. The van der Waals surface area contributed by atoms with Gasteiger partial charge in [0.15, 0.2) is 0 Å². The fourth-order valence-electron chi connectivity index (χ4n) is 9.90. The van der Waals surface area contributed by atoms with Crippen molar-refractivity contribution in [3.63, 3.8) is 0 Å². The number of rotatable bonds is 18. The minimum Gasteiger partial charge on any atom is -0.461 e. The van der Waals surface area contributed by atoms with Crippen molar-refractivity contribution < 1.29 is 19.1 Å². The molecule has 0 radical (unpaired) electrons. The van der Waals surface area contributed by atoms with E-state index < -0.39 is 17.5 Å². The summed E-state index contributed by atoms with van der Waals surface area (Å²) in [5.41, 5.74) is 6.55. The number of benzene rings is 9. The minimum atomic E-state index is -0.600. The first kappa shape index (κ1) is 50.0. The van der Waals surface area contributed by atoms with Crippen molar-refractivity contribution in [3.8, 4) is 33.4 Å². The van der Waals surface area contributed by atoms with Gasteiger partial charge in [-0.3, -0.25) is 0 Å². The quantitative estimate of drug-likeness (QED) is 0.0397. The van der Waals surface area contributed by atoms with Gasteiger partial charge >= 0.3 is 12.1 Å². The Balaban J connectivity index is 0.941. The molecular formula is C65H49NO4S6. The molecule has 0 atom stereocenters. The Hall–Kier alpha value is -6.83. The highest BCUT2D eigenvalue weighted by molar-refractivity contribution is 8.01. The van der Waals surface area contributed by atoms with Crippen molar-refractivity contribution >= 4 is 142 Å². The Kier molecular flexibility index (Phi) is 14.7. The summed E-state index contributed by atoms with van der Waals surface area (Å²) in [7, 11) is 0. The SMILES string of the molecule is C=CC(=O)OCCNC(=O)OCC(CSc1ccccc1-c1cccc2c1sc1ccccc12)(CSc1ccccc1-c1cccc2c1sc1ccccc12)CSc1ccccc1-c1cccc2c1sc1ccccc12. The van der Waals surface area contributed by atoms with Crippen LogP contribution >= 0.6 is 69.3 Å². The molecule has 12 aromatic rings. The number of carbonyl (C=O) groups is 2. The molecular weight excluding hydrogens is 1050 g/mol. The zero-order valence-electron chi connectivity index (χ0n) is 41.2. The summed E-state index contributed by atoms with van der Waals surface area (Å²) in [6, 6.07) is 72.1. The average molecular weight is 1100 g/mol. The number of esters is 1. The van der Waals surface area contributed by atoms with E-state index in [1.54, 1.807) is 0 Å². The number of thioether (sulfide) groups is 3. The summed E-state index contributed by atoms with van der Waals surface area (Å²) in [6.45, 7) is 3.73. The van der Waals surface area contributed by atoms with Gasteiger partial charge in [-0.05, 0) is 53.1 Å². The molecule has 11 heteroatoms. The van der Waals surface area contributed by atoms with Crippen LogP contribution in [0.25, 0.3) is 93.9 Å². The van der Waals surface area contributed by atoms with E-state index in [1.165, 1.54) is 93.9 Å². The van der Waals surface area contributed by atoms with E-state index in [-0.39, 0.29) is 19.8 Å². The Morgan fingerprint density at radius 2 is 0.776 bits per heavy atom. The van der Waals surface area contributed by atoms with Crippen molar-refractivity contribution in [3.05, 3.63) is 213 Å². The number of hydrogen-bond donors (Lipinski definition) is 1. The Morgan fingerprint density at radius 1 is 0.434 bits per heavy atom. The third-order valence-corrected chi connectivity index (χ3v) is 21.6. The van der Waals surface area contributed by atoms with Crippen molar-refractivity contribution in [2.45, 2.75) is 14.7 Å². The number of nitrogens with one attached hydrogen (secondary N) is 1. The fourth-order valence-corrected chi connectivity index (χ4v) is 17.7. The zero-order chi connectivity index (χ0) is 51.4. The maximum atomic E-state index is 13.8. The van der Waals surface area contributed by atoms with E-state index in [0.717, 1.165) is 20.8 Å². The van der Waals surface area contributed by atoms with Crippen LogP contribution in [0.15, 0.2) is 228 Å². The molecule has 5 nitrogen and oxygen atoms in total. The highest BCUT2D eigenvalue weighted by Crippen LogP contribution is 2.49. The molecule has 374 valence electrons. The van der Waals surface area contributed by atoms with Gasteiger partial charge < -0.3 is 14.8 Å². The third-order valence-electron chi connectivity index (χ3n) is 13.6. The van der Waals surface area contributed by atoms with Crippen molar-refractivity contribution in [1.29, 1.82) is 0 Å². The number of amides is 1. The van der Waals surface area contributed by atoms with E-state index >= 15 is 0 Å². The molecule has 1 amide bonds. The van der Waals surface area contributed by atoms with E-state index in [9.17, 15) is 9.59 Å². The van der Waals surface area contributed by atoms with Crippen LogP contribution in [0.3, 0.4) is 0 Å². The van der Waals surface area contributed by atoms with E-state index in [2.05, 4.69) is 212 Å². The predicted molar refractivity (Wildman–Crippen MR) is 329 cm³/mol. The van der Waals surface area contributed by atoms with Gasteiger partial charge in [-0.1, -0.05) is 170 Å². The molecule has 0 bridgehead atoms. The van der Waals surface area contributed by atoms with Gasteiger partial charge in [0, 0.05) is 121 Å². The second-order valence-electron chi connectivity index (χ2n) is 18.6. The van der Waals surface area contributed by atoms with Crippen LogP contribution < -0.4 is 5.32 Å². The van der Waals surface area contributed by atoms with Crippen LogP contribution in [-0.2, 0) is 14.3 Å². The number of ether oxygens (including phenoxy) is 2. The maximum absolute atomic E-state index is 13.8. The lowest BCUT2D eigenvalue weighted by molar-refractivity contribution is -0.137. The first-order chi connectivity index (χ1) is 37.4. The van der Waals surface area contributed by atoms with Gasteiger partial charge in [-0.25, -0.2) is 9.59 Å². The van der Waals surface area contributed by atoms with Crippen molar-refractivity contribution in [2.75, 3.05) is 37.0 Å². The van der Waals surface area contributed by atoms with Crippen molar-refractivity contribution in [1.82, 2.24) is 5.32 Å². The number of alkyl carbamates (subject to hydrolysis) is 1. The summed E-state index contributed by atoms with van der Waals surface area (Å²) in [5.74, 6) is 1.37. The van der Waals surface area contributed by atoms with Gasteiger partial charge in [-0.2, -0.15) is 0 Å². The van der Waals surface area contributed by atoms with E-state index in [4.69, 9.17) is 9.47 Å². The third kappa shape index (κ3) is 10.2. The number of carbonyl (C=O) groups excluding carboxylic acids is 2. The molecule has 0 aliphatic heterocycles. The van der Waals surface area contributed by atoms with E-state index in [1.807, 2.05) is 69.3 Å². The monoisotopic (exact) mass is 1100 g/mol. The number of thiophene rings is 3. The smallest absolute Gasteiger partial charge is 0.407 e. The van der Waals surface area contributed by atoms with Gasteiger partial charge in [0.05, 0.1) is 6.54 Å². The average Bonchev–Trinajstić information content (AvgIpc) is 4.22. The molecule has 12 rings (SSSR count). The summed E-state index contributed by atoms with van der Waals surface area (Å²) < 4.78 is 19.2. The highest BCUT2D eigenvalue weighted by Gasteiger charge is 2.35. The molecule has 0 saturated carbocycles. The van der Waals surface area contributed by atoms with Crippen LogP contribution in [0.2, 0.25) is 0 Å². The molecule has 3 aromatic heterocycles. The number of hydrogen-bond acceptors (Lipinski definition) is 10. The lowest BCUT2D eigenvalue weighted by Crippen LogP contribution is -2.39. The van der Waals surface area contributed by atoms with Crippen LogP contribution in [0.1, 0.15) is 0 Å². The Labute approximate surface area is 466 Å². The highest BCUT2D eigenvalue weighted by atomic mass is 32.2. The van der Waals surface area contributed by atoms with Gasteiger partial charge in [0.1, 0.15) is 13.2 Å². The summed E-state index contributed by atoms with van der Waals surface area (Å²) in [4.78, 5) is 29.2. The molecule has 76 heavy (non-hydrogen) atoms. The maximum Gasteiger partial charge on any atom is 0.407 e. The van der Waals surface area contributed by atoms with Gasteiger partial charge in [0.2, 0.25) is 0 Å². The topological polar surface area (TPSA) is 64.6 Å². The molecule has 0 spiro atoms. The molecule has 0 fully saturated rings. The summed E-state index contributed by atoms with van der Waals surface area (Å²) >= 11 is 11.0. The summed E-state index contributed by atoms with van der Waals surface area (Å²) in [5, 5.41) is 10.4. The molecule has 9 aromatic carbocycles. The second-order valence-corrected chi connectivity index (χ2v) is 24.8. The van der Waals surface area contributed by atoms with Crippen LogP contribution in [0, 0.1) is 5.41 Å². The first-order valence-electron chi connectivity index (χ1n) is 25.0. The lowest BCUT2D eigenvalue weighted by Gasteiger charge is -2.33. The standard InChI is InChI=1S/C65H49NO4S6/c1-2-60(67)69-37-36-66-64(68)70-38-65(39-71-54-30-9-3-18-42(54)48-24-15-27-51-45-21-6-12-33-57(45)74-61(48)51,40-72-55-31-10-4-19-43(55)49-25-16-28-52-46-22-7-13-34-58(46)75-62(49)52)41-73-56-32-11-5-20-44(56)50-26-17-29-53-47-23-8-14-35-59(47)76-63(50)53/h2-35H,1,36-41H2,(H,66,68). The molecule has 0 aliphatic rings. The second kappa shape index (κ2) is 22.4. The zero-order valence-corrected chi connectivity index (χ0v) is 46.1. The molecule has 0 unspecified atom stereocenters. The Bertz CT molecular complexity index is 3750. The normalized spacial score (nSPS) is 11.8. The van der Waals surface area contributed by atoms with Gasteiger partial charge in [-0.15, -0.1) is 69.3 Å². The summed E-state index contributed by atoms with van der Waals surface area (Å²) in [6.07, 6.45) is 0.549. The van der Waals surface area contributed by atoms with Crippen molar-refractivity contribution in [2.24, 2.45) is 5.41 Å². The fraction of sp³-hybridized carbons (Fsp3) is 0.108. The molecule has 1 N–H and O–H groups in total. The molecule has 0 saturated heterocycles. The minimum absolute atomic E-state index is 0.00265. The van der Waals surface area contributed by atoms with Crippen LogP contribution in [-0.4, -0.2) is 49.1 Å². The molecule has 3 heterocycles. The predicted octanol–water partition coefficient (Wildman–Crippen LogP) is 18.9. The van der Waals surface area contributed by atoms with Crippen LogP contribution in [0.5, 0.6) is 0 Å².